The summed E-state index contributed by atoms with van der Waals surface area (Å²) >= 11 is 4.51. The van der Waals surface area contributed by atoms with Crippen molar-refractivity contribution >= 4 is 63.1 Å². The number of para-hydroxylation sites is 1. The van der Waals surface area contributed by atoms with Crippen molar-refractivity contribution < 1.29 is 14.3 Å². The highest BCUT2D eigenvalue weighted by atomic mass is 127. The van der Waals surface area contributed by atoms with Crippen molar-refractivity contribution in [3.05, 3.63) is 102 Å². The molecule has 3 aromatic carbocycles. The molecule has 0 aromatic heterocycles. The summed E-state index contributed by atoms with van der Waals surface area (Å²) in [6, 6.07) is 23.4. The Morgan fingerprint density at radius 3 is 2.52 bits per heavy atom. The molecule has 144 valence electrons. The molecule has 3 aromatic rings. The van der Waals surface area contributed by atoms with Gasteiger partial charge in [0.05, 0.1) is 0 Å². The smallest absolute Gasteiger partial charge is 0.363 e. The van der Waals surface area contributed by atoms with Gasteiger partial charge in [-0.15, -0.1) is 0 Å². The minimum absolute atomic E-state index is 0.254. The summed E-state index contributed by atoms with van der Waals surface area (Å²) in [5.74, 6) is 0.533. The lowest BCUT2D eigenvalue weighted by atomic mass is 10.1. The molecule has 29 heavy (non-hydrogen) atoms. The second-order valence-corrected chi connectivity index (χ2v) is 8.79. The Bertz CT molecular complexity index is 1120. The number of halogens is 2. The van der Waals surface area contributed by atoms with Gasteiger partial charge in [0.15, 0.2) is 5.70 Å². The number of cyclic esters (lactones) is 1. The van der Waals surface area contributed by atoms with E-state index in [1.807, 2.05) is 66.7 Å². The van der Waals surface area contributed by atoms with Crippen LogP contribution in [0.3, 0.4) is 0 Å². The van der Waals surface area contributed by atoms with Gasteiger partial charge in [-0.3, -0.25) is 0 Å². The Morgan fingerprint density at radius 1 is 0.931 bits per heavy atom. The molecule has 6 heteroatoms. The first-order valence-corrected chi connectivity index (χ1v) is 11.0. The maximum Gasteiger partial charge on any atom is 0.363 e. The number of aliphatic imine (C=N–C) groups is 1. The van der Waals surface area contributed by atoms with E-state index in [-0.39, 0.29) is 5.70 Å². The van der Waals surface area contributed by atoms with Gasteiger partial charge in [0.2, 0.25) is 5.90 Å². The van der Waals surface area contributed by atoms with Gasteiger partial charge >= 0.3 is 5.97 Å². The van der Waals surface area contributed by atoms with E-state index in [0.717, 1.165) is 23.8 Å². The van der Waals surface area contributed by atoms with Crippen LogP contribution < -0.4 is 4.74 Å². The van der Waals surface area contributed by atoms with Crippen molar-refractivity contribution in [3.8, 4) is 5.75 Å². The van der Waals surface area contributed by atoms with Crippen LogP contribution >= 0.6 is 45.2 Å². The fourth-order valence-electron chi connectivity index (χ4n) is 2.79. The highest BCUT2D eigenvalue weighted by Gasteiger charge is 2.24. The molecule has 0 saturated carbocycles. The number of hydrogen-bond acceptors (Lipinski definition) is 4. The SMILES string of the molecule is O=C1OC(c2ccc(I)cc2)=N/C1=C\c1ccccc1OCc1cccc(I)c1. The van der Waals surface area contributed by atoms with Gasteiger partial charge in [-0.25, -0.2) is 9.79 Å². The summed E-state index contributed by atoms with van der Waals surface area (Å²) in [4.78, 5) is 16.7. The monoisotopic (exact) mass is 607 g/mol. The summed E-state index contributed by atoms with van der Waals surface area (Å²) < 4.78 is 13.6. The Hall–Kier alpha value is -2.20. The number of esters is 1. The van der Waals surface area contributed by atoms with E-state index < -0.39 is 5.97 Å². The standard InChI is InChI=1S/C23H15I2NO3/c24-18-10-8-16(9-11-18)22-26-20(23(27)29-22)13-17-5-1-2-7-21(17)28-14-15-4-3-6-19(25)12-15/h1-13H,14H2/b20-13-. The first-order chi connectivity index (χ1) is 14.1. The highest BCUT2D eigenvalue weighted by molar-refractivity contribution is 14.1. The van der Waals surface area contributed by atoms with Crippen LogP contribution in [0.15, 0.2) is 83.5 Å². The van der Waals surface area contributed by atoms with E-state index in [4.69, 9.17) is 9.47 Å². The van der Waals surface area contributed by atoms with Gasteiger partial charge in [-0.05, 0) is 99.3 Å². The fourth-order valence-corrected chi connectivity index (χ4v) is 3.76. The molecule has 0 N–H and O–H groups in total. The zero-order valence-corrected chi connectivity index (χ0v) is 19.5. The van der Waals surface area contributed by atoms with E-state index in [0.29, 0.717) is 18.3 Å². The first kappa shape index (κ1) is 20.1. The number of ether oxygens (including phenoxy) is 2. The van der Waals surface area contributed by atoms with Crippen LogP contribution in [0.25, 0.3) is 6.08 Å². The molecule has 0 amide bonds. The van der Waals surface area contributed by atoms with Crippen LogP contribution in [0.5, 0.6) is 5.75 Å². The average Bonchev–Trinajstić information content (AvgIpc) is 3.08. The Morgan fingerprint density at radius 2 is 1.72 bits per heavy atom. The van der Waals surface area contributed by atoms with Gasteiger partial charge in [-0.2, -0.15) is 0 Å². The largest absolute Gasteiger partial charge is 0.488 e. The predicted molar refractivity (Wildman–Crippen MR) is 130 cm³/mol. The molecule has 0 bridgehead atoms. The quantitative estimate of drug-likeness (QED) is 0.209. The summed E-state index contributed by atoms with van der Waals surface area (Å²) in [5.41, 5.74) is 2.88. The maximum atomic E-state index is 12.3. The molecule has 1 aliphatic rings. The zero-order valence-electron chi connectivity index (χ0n) is 15.1. The Balaban J connectivity index is 1.57. The molecule has 1 aliphatic heterocycles. The van der Waals surface area contributed by atoms with E-state index >= 15 is 0 Å². The van der Waals surface area contributed by atoms with Crippen molar-refractivity contribution in [3.63, 3.8) is 0 Å². The third-order valence-electron chi connectivity index (χ3n) is 4.21. The third kappa shape index (κ3) is 5.05. The Labute approximate surface area is 195 Å². The molecule has 0 atom stereocenters. The van der Waals surface area contributed by atoms with Crippen molar-refractivity contribution in [1.82, 2.24) is 0 Å². The van der Waals surface area contributed by atoms with Crippen LogP contribution in [0.1, 0.15) is 16.7 Å². The second-order valence-electron chi connectivity index (χ2n) is 6.30. The zero-order chi connectivity index (χ0) is 20.2. The summed E-state index contributed by atoms with van der Waals surface area (Å²) in [6.07, 6.45) is 1.70. The van der Waals surface area contributed by atoms with Crippen molar-refractivity contribution in [2.75, 3.05) is 0 Å². The van der Waals surface area contributed by atoms with E-state index in [1.165, 1.54) is 0 Å². The number of hydrogen-bond donors (Lipinski definition) is 0. The number of carbonyl (C=O) groups is 1. The lowest BCUT2D eigenvalue weighted by molar-refractivity contribution is -0.129. The fraction of sp³-hybridized carbons (Fsp3) is 0.0435. The minimum Gasteiger partial charge on any atom is -0.488 e. The number of rotatable bonds is 5. The number of carbonyl (C=O) groups excluding carboxylic acids is 1. The highest BCUT2D eigenvalue weighted by Crippen LogP contribution is 2.25. The molecule has 4 nitrogen and oxygen atoms in total. The molecule has 0 saturated heterocycles. The van der Waals surface area contributed by atoms with Gasteiger partial charge in [-0.1, -0.05) is 30.3 Å². The summed E-state index contributed by atoms with van der Waals surface area (Å²) in [7, 11) is 0. The van der Waals surface area contributed by atoms with Crippen LogP contribution in [-0.2, 0) is 16.1 Å². The average molecular weight is 607 g/mol. The van der Waals surface area contributed by atoms with Gasteiger partial charge in [0.25, 0.3) is 0 Å². The van der Waals surface area contributed by atoms with E-state index in [2.05, 4.69) is 56.2 Å². The lowest BCUT2D eigenvalue weighted by Crippen LogP contribution is -2.05. The Kier molecular flexibility index (Phi) is 6.29. The molecule has 4 rings (SSSR count). The molecular weight excluding hydrogens is 592 g/mol. The topological polar surface area (TPSA) is 47.9 Å². The van der Waals surface area contributed by atoms with E-state index in [9.17, 15) is 4.79 Å². The van der Waals surface area contributed by atoms with Crippen LogP contribution in [0.4, 0.5) is 0 Å². The molecule has 0 unspecified atom stereocenters. The predicted octanol–water partition coefficient (Wildman–Crippen LogP) is 5.82. The molecule has 1 heterocycles. The number of benzene rings is 3. The summed E-state index contributed by atoms with van der Waals surface area (Å²) in [6.45, 7) is 0.443. The van der Waals surface area contributed by atoms with Crippen LogP contribution in [0.2, 0.25) is 0 Å². The van der Waals surface area contributed by atoms with Crippen molar-refractivity contribution in [1.29, 1.82) is 0 Å². The molecular formula is C23H15I2NO3. The van der Waals surface area contributed by atoms with Crippen LogP contribution in [0, 0.1) is 7.14 Å². The van der Waals surface area contributed by atoms with Crippen molar-refractivity contribution in [2.24, 2.45) is 4.99 Å². The molecule has 0 aliphatic carbocycles. The van der Waals surface area contributed by atoms with Crippen LogP contribution in [-0.4, -0.2) is 11.9 Å². The molecule has 0 radical (unpaired) electrons. The molecule has 0 spiro atoms. The number of nitrogens with zero attached hydrogens (tertiary/aromatic N) is 1. The van der Waals surface area contributed by atoms with Gasteiger partial charge < -0.3 is 9.47 Å². The van der Waals surface area contributed by atoms with Crippen molar-refractivity contribution in [2.45, 2.75) is 6.61 Å². The first-order valence-electron chi connectivity index (χ1n) is 8.83. The lowest BCUT2D eigenvalue weighted by Gasteiger charge is -2.09. The summed E-state index contributed by atoms with van der Waals surface area (Å²) in [5, 5.41) is 0. The third-order valence-corrected chi connectivity index (χ3v) is 5.60. The maximum absolute atomic E-state index is 12.3. The van der Waals surface area contributed by atoms with Gasteiger partial charge in [0, 0.05) is 18.3 Å². The normalized spacial score (nSPS) is 14.6. The van der Waals surface area contributed by atoms with E-state index in [1.54, 1.807) is 6.08 Å². The molecule has 0 fully saturated rings. The second kappa shape index (κ2) is 9.08. The minimum atomic E-state index is -0.467. The van der Waals surface area contributed by atoms with Gasteiger partial charge in [0.1, 0.15) is 12.4 Å².